The van der Waals surface area contributed by atoms with Crippen molar-refractivity contribution in [2.24, 2.45) is 0 Å². The molecule has 19 heteroatoms. The first-order valence-electron chi connectivity index (χ1n) is 17.3. The third kappa shape index (κ3) is 13.2. The summed E-state index contributed by atoms with van der Waals surface area (Å²) >= 11 is 28.6. The van der Waals surface area contributed by atoms with E-state index < -0.39 is 74.5 Å². The summed E-state index contributed by atoms with van der Waals surface area (Å²) in [5, 5.41) is 0.530. The highest BCUT2D eigenvalue weighted by atomic mass is 79.9. The summed E-state index contributed by atoms with van der Waals surface area (Å²) in [5.74, 6) is -3.33. The first-order valence-corrected chi connectivity index (χ1v) is 21.6. The third-order valence-electron chi connectivity index (χ3n) is 8.33. The zero-order valence-electron chi connectivity index (χ0n) is 30.3. The number of ether oxygens (including phenoxy) is 5. The van der Waals surface area contributed by atoms with Crippen LogP contribution in [0.5, 0.6) is 0 Å². The van der Waals surface area contributed by atoms with Gasteiger partial charge < -0.3 is 23.7 Å². The van der Waals surface area contributed by atoms with E-state index in [9.17, 15) is 32.8 Å². The molecule has 0 radical (unpaired) electrons. The van der Waals surface area contributed by atoms with Crippen molar-refractivity contribution in [2.75, 3.05) is 13.2 Å². The van der Waals surface area contributed by atoms with Crippen LogP contribution in [0.3, 0.4) is 0 Å². The average molecular weight is 996 g/mol. The Bertz CT molecular complexity index is 2100. The Hall–Kier alpha value is -3.57. The molecule has 10 nitrogen and oxygen atoms in total. The van der Waals surface area contributed by atoms with Crippen LogP contribution in [0, 0.1) is 0 Å². The van der Waals surface area contributed by atoms with E-state index in [-0.39, 0.29) is 29.9 Å². The molecular weight excluding hydrogens is 964 g/mol. The van der Waals surface area contributed by atoms with Crippen molar-refractivity contribution >= 4 is 116 Å². The van der Waals surface area contributed by atoms with Crippen LogP contribution in [0.2, 0.25) is 20.1 Å². The van der Waals surface area contributed by atoms with E-state index in [1.165, 1.54) is 84.6 Å². The fourth-order valence-corrected chi connectivity index (χ4v) is 9.50. The van der Waals surface area contributed by atoms with Gasteiger partial charge in [0.1, 0.15) is 13.2 Å². The quantitative estimate of drug-likeness (QED) is 0.0805. The summed E-state index contributed by atoms with van der Waals surface area (Å²) in [4.78, 5) is 60.5. The molecule has 2 saturated heterocycles. The monoisotopic (exact) mass is 992 g/mol. The molecule has 2 heterocycles. The molecule has 59 heavy (non-hydrogen) atoms. The largest absolute Gasteiger partial charge is 0.461 e. The van der Waals surface area contributed by atoms with Crippen molar-refractivity contribution in [3.8, 4) is 0 Å². The van der Waals surface area contributed by atoms with Gasteiger partial charge in [-0.25, -0.2) is 28.0 Å². The number of hydrogen-bond acceptors (Lipinski definition) is 12. The number of halogens is 7. The molecule has 0 N–H and O–H groups in total. The van der Waals surface area contributed by atoms with Crippen LogP contribution in [-0.4, -0.2) is 87.7 Å². The summed E-state index contributed by atoms with van der Waals surface area (Å²) in [6, 6.07) is 24.3. The summed E-state index contributed by atoms with van der Waals surface area (Å²) < 4.78 is 55.2. The van der Waals surface area contributed by atoms with Gasteiger partial charge in [0.2, 0.25) is 0 Å². The normalized spacial score (nSPS) is 23.3. The van der Waals surface area contributed by atoms with Crippen LogP contribution in [-0.2, 0) is 28.5 Å². The maximum Gasteiger partial charge on any atom is 0.338 e. The van der Waals surface area contributed by atoms with E-state index in [1.54, 1.807) is 24.3 Å². The zero-order chi connectivity index (χ0) is 42.8. The molecule has 0 aliphatic carbocycles. The zero-order valence-corrected chi connectivity index (χ0v) is 36.6. The molecule has 0 saturated carbocycles. The van der Waals surface area contributed by atoms with Crippen LogP contribution in [0.15, 0.2) is 97.1 Å². The van der Waals surface area contributed by atoms with Crippen molar-refractivity contribution in [1.29, 1.82) is 0 Å². The van der Waals surface area contributed by atoms with Gasteiger partial charge >= 0.3 is 29.8 Å². The lowest BCUT2D eigenvalue weighted by atomic mass is 10.1. The summed E-state index contributed by atoms with van der Waals surface area (Å²) in [5.41, 5.74) is -0.171. The SMILES string of the molecule is CC(=O)O[C@@H]1S[C@H](COC(=O)c2ccc(Cl)cc2)[C@@H](OC(=O)c2ccc(Cl)cc2)[C@@H]1F.O=C(OC[C@H]1S[C@H](Br)[C@@H](F)[C@@H]1OC(=O)c1ccc(Cl)cc1)c1ccc(Cl)cc1. The van der Waals surface area contributed by atoms with Crippen LogP contribution < -0.4 is 0 Å². The van der Waals surface area contributed by atoms with E-state index in [2.05, 4.69) is 15.9 Å². The minimum atomic E-state index is -1.80. The Morgan fingerprint density at radius 1 is 0.525 bits per heavy atom. The summed E-state index contributed by atoms with van der Waals surface area (Å²) in [6.07, 6.45) is -5.60. The van der Waals surface area contributed by atoms with E-state index in [0.717, 1.165) is 18.7 Å². The molecule has 4 aromatic rings. The van der Waals surface area contributed by atoms with Gasteiger partial charge in [-0.1, -0.05) is 62.3 Å². The molecule has 0 bridgehead atoms. The maximum atomic E-state index is 14.9. The Morgan fingerprint density at radius 3 is 1.20 bits per heavy atom. The van der Waals surface area contributed by atoms with Gasteiger partial charge in [-0.3, -0.25) is 4.79 Å². The van der Waals surface area contributed by atoms with E-state index in [4.69, 9.17) is 70.1 Å². The van der Waals surface area contributed by atoms with Gasteiger partial charge in [-0.2, -0.15) is 0 Å². The molecule has 2 aliphatic rings. The molecular formula is C40H31BrCl4F2O10S2. The van der Waals surface area contributed by atoms with Gasteiger partial charge in [-0.05, 0) is 97.1 Å². The fraction of sp³-hybridized carbons (Fsp3) is 0.275. The number of carbonyl (C=O) groups is 5. The van der Waals surface area contributed by atoms with E-state index in [1.807, 2.05) is 0 Å². The van der Waals surface area contributed by atoms with Gasteiger partial charge in [-0.15, -0.1) is 23.5 Å². The van der Waals surface area contributed by atoms with E-state index >= 15 is 0 Å². The van der Waals surface area contributed by atoms with Gasteiger partial charge in [0, 0.05) is 27.0 Å². The van der Waals surface area contributed by atoms with Crippen molar-refractivity contribution in [2.45, 2.75) is 51.6 Å². The second-order valence-electron chi connectivity index (χ2n) is 12.5. The number of hydrogen-bond donors (Lipinski definition) is 0. The highest BCUT2D eigenvalue weighted by molar-refractivity contribution is 9.11. The third-order valence-corrected chi connectivity index (χ3v) is 13.1. The van der Waals surface area contributed by atoms with Gasteiger partial charge in [0.15, 0.2) is 30.0 Å². The fourth-order valence-electron chi connectivity index (χ4n) is 5.37. The highest BCUT2D eigenvalue weighted by Crippen LogP contribution is 2.42. The molecule has 0 unspecified atom stereocenters. The topological polar surface area (TPSA) is 132 Å². The number of rotatable bonds is 11. The molecule has 0 spiro atoms. The Morgan fingerprint density at radius 2 is 0.847 bits per heavy atom. The van der Waals surface area contributed by atoms with Crippen LogP contribution >= 0.6 is 85.9 Å². The van der Waals surface area contributed by atoms with Crippen molar-refractivity contribution in [1.82, 2.24) is 0 Å². The van der Waals surface area contributed by atoms with Crippen molar-refractivity contribution in [3.05, 3.63) is 139 Å². The minimum Gasteiger partial charge on any atom is -0.461 e. The molecule has 312 valence electrons. The summed E-state index contributed by atoms with van der Waals surface area (Å²) in [6.45, 7) is 0.784. The second kappa shape index (κ2) is 21.8. The lowest BCUT2D eigenvalue weighted by molar-refractivity contribution is -0.145. The van der Waals surface area contributed by atoms with E-state index in [0.29, 0.717) is 25.7 Å². The van der Waals surface area contributed by atoms with Crippen LogP contribution in [0.4, 0.5) is 8.78 Å². The highest BCUT2D eigenvalue weighted by Gasteiger charge is 2.50. The number of esters is 5. The predicted molar refractivity (Wildman–Crippen MR) is 226 cm³/mol. The van der Waals surface area contributed by atoms with Gasteiger partial charge in [0.25, 0.3) is 0 Å². The Kier molecular flexibility index (Phi) is 17.2. The molecule has 2 aliphatic heterocycles. The number of alkyl halides is 3. The van der Waals surface area contributed by atoms with Crippen molar-refractivity contribution in [3.63, 3.8) is 0 Å². The van der Waals surface area contributed by atoms with Crippen molar-refractivity contribution < 1.29 is 56.4 Å². The minimum absolute atomic E-state index is 0.104. The molecule has 8 atom stereocenters. The Balaban J connectivity index is 0.000000225. The smallest absolute Gasteiger partial charge is 0.338 e. The number of thioether (sulfide) groups is 2. The Labute approximate surface area is 373 Å². The van der Waals surface area contributed by atoms with Crippen LogP contribution in [0.1, 0.15) is 48.4 Å². The first kappa shape index (κ1) is 46.5. The average Bonchev–Trinajstić information content (AvgIpc) is 3.65. The molecule has 4 aromatic carbocycles. The summed E-state index contributed by atoms with van der Waals surface area (Å²) in [7, 11) is 0. The maximum absolute atomic E-state index is 14.9. The molecule has 0 amide bonds. The predicted octanol–water partition coefficient (Wildman–Crippen LogP) is 10.3. The lowest BCUT2D eigenvalue weighted by Crippen LogP contribution is -2.37. The first-order chi connectivity index (χ1) is 28.1. The van der Waals surface area contributed by atoms with Crippen LogP contribution in [0.25, 0.3) is 0 Å². The van der Waals surface area contributed by atoms with Gasteiger partial charge in [0.05, 0.1) is 36.9 Å². The molecule has 2 fully saturated rings. The second-order valence-corrected chi connectivity index (χ2v) is 18.6. The number of benzene rings is 4. The lowest BCUT2D eigenvalue weighted by Gasteiger charge is -2.20. The number of carbonyl (C=O) groups excluding carboxylic acids is 5. The standard InChI is InChI=1S/C21H17Cl2FO6S.C19H14BrCl2FO4S/c1-11(25)29-21-17(24)18(30-20(27)13-4-8-15(23)9-5-13)16(31-21)10-28-19(26)12-2-6-14(22)7-3-12;20-17-15(23)16(27-19(25)11-3-7-13(22)8-4-11)14(28-17)9-26-18(24)10-1-5-12(21)6-2-10/h2-9,16-18,21H,10H2,1H3;1-8,14-17H,9H2/t16-,17+,18-,21-;14-,15+,16-,17+/m11/s1. The molecule has 6 rings (SSSR count). The molecule has 0 aromatic heterocycles.